The molecule has 0 aliphatic heterocycles. The smallest absolute Gasteiger partial charge is 0.243 e. The first-order valence-electron chi connectivity index (χ1n) is 14.5. The zero-order valence-corrected chi connectivity index (χ0v) is 25.8. The highest BCUT2D eigenvalue weighted by Gasteiger charge is 2.31. The van der Waals surface area contributed by atoms with E-state index in [-0.39, 0.29) is 43.8 Å². The zero-order chi connectivity index (χ0) is 30.5. The SMILES string of the molecule is CCOc1ccccc1N(CCCC(=O)N(Cc1ccccc1)[C@@H](Cc1ccccc1)C(=O)N[C@H](C)CC)S(C)(=O)=O. The van der Waals surface area contributed by atoms with Crippen LogP contribution in [0.15, 0.2) is 84.9 Å². The summed E-state index contributed by atoms with van der Waals surface area (Å²) in [7, 11) is -3.65. The van der Waals surface area contributed by atoms with Gasteiger partial charge in [-0.15, -0.1) is 0 Å². The first-order valence-corrected chi connectivity index (χ1v) is 16.4. The van der Waals surface area contributed by atoms with Gasteiger partial charge in [-0.05, 0) is 49.9 Å². The Balaban J connectivity index is 1.88. The molecule has 0 aliphatic carbocycles. The maximum atomic E-state index is 13.9. The van der Waals surface area contributed by atoms with Gasteiger partial charge in [0.2, 0.25) is 21.8 Å². The van der Waals surface area contributed by atoms with Crippen molar-refractivity contribution in [2.24, 2.45) is 0 Å². The number of para-hydroxylation sites is 2. The highest BCUT2D eigenvalue weighted by molar-refractivity contribution is 7.92. The second-order valence-corrected chi connectivity index (χ2v) is 12.3. The van der Waals surface area contributed by atoms with Gasteiger partial charge in [0.05, 0.1) is 18.6 Å². The molecule has 8 nitrogen and oxygen atoms in total. The van der Waals surface area contributed by atoms with Crippen LogP contribution in [0.4, 0.5) is 5.69 Å². The van der Waals surface area contributed by atoms with Crippen molar-refractivity contribution in [2.75, 3.05) is 23.7 Å². The molecule has 0 heterocycles. The molecule has 0 saturated heterocycles. The molecular formula is C33H43N3O5S. The summed E-state index contributed by atoms with van der Waals surface area (Å²) in [5.74, 6) is 0.0404. The number of carbonyl (C=O) groups is 2. The number of nitrogens with one attached hydrogen (secondary N) is 1. The standard InChI is InChI=1S/C33H43N3O5S/c1-5-26(3)34-33(38)30(24-27-16-9-7-10-17-27)35(25-28-18-11-8-12-19-28)32(37)22-15-23-36(42(4,39)40)29-20-13-14-21-31(29)41-6-2/h7-14,16-21,26,30H,5-6,15,22-25H2,1-4H3,(H,34,38)/t26-,30+/m1/s1. The Hall–Kier alpha value is -3.85. The Morgan fingerprint density at radius 3 is 2.07 bits per heavy atom. The monoisotopic (exact) mass is 593 g/mol. The molecule has 2 atom stereocenters. The molecular weight excluding hydrogens is 550 g/mol. The van der Waals surface area contributed by atoms with Gasteiger partial charge in [0.25, 0.3) is 0 Å². The second kappa shape index (κ2) is 16.0. The van der Waals surface area contributed by atoms with Crippen molar-refractivity contribution in [1.29, 1.82) is 0 Å². The molecule has 0 bridgehead atoms. The van der Waals surface area contributed by atoms with Crippen LogP contribution in [0.5, 0.6) is 5.75 Å². The molecule has 42 heavy (non-hydrogen) atoms. The number of rotatable bonds is 16. The maximum absolute atomic E-state index is 13.9. The third-order valence-electron chi connectivity index (χ3n) is 7.05. The van der Waals surface area contributed by atoms with Gasteiger partial charge in [-0.1, -0.05) is 79.7 Å². The lowest BCUT2D eigenvalue weighted by atomic mass is 10.0. The predicted octanol–water partition coefficient (Wildman–Crippen LogP) is 5.19. The molecule has 0 aromatic heterocycles. The molecule has 0 fully saturated rings. The minimum atomic E-state index is -3.65. The van der Waals surface area contributed by atoms with Gasteiger partial charge in [0.15, 0.2) is 0 Å². The van der Waals surface area contributed by atoms with E-state index in [1.165, 1.54) is 4.31 Å². The lowest BCUT2D eigenvalue weighted by Gasteiger charge is -2.32. The first kappa shape index (κ1) is 32.7. The Morgan fingerprint density at radius 2 is 1.48 bits per heavy atom. The summed E-state index contributed by atoms with van der Waals surface area (Å²) >= 11 is 0. The van der Waals surface area contributed by atoms with Gasteiger partial charge in [-0.3, -0.25) is 13.9 Å². The summed E-state index contributed by atoms with van der Waals surface area (Å²) in [4.78, 5) is 29.2. The number of hydrogen-bond donors (Lipinski definition) is 1. The molecule has 2 amide bonds. The van der Waals surface area contributed by atoms with E-state index in [1.54, 1.807) is 29.2 Å². The fourth-order valence-electron chi connectivity index (χ4n) is 4.70. The summed E-state index contributed by atoms with van der Waals surface area (Å²) in [6.07, 6.45) is 2.61. The van der Waals surface area contributed by atoms with E-state index < -0.39 is 16.1 Å². The van der Waals surface area contributed by atoms with E-state index >= 15 is 0 Å². The molecule has 3 aromatic rings. The van der Waals surface area contributed by atoms with Gasteiger partial charge in [0, 0.05) is 32.0 Å². The van der Waals surface area contributed by atoms with Crippen molar-refractivity contribution in [3.05, 3.63) is 96.1 Å². The molecule has 0 spiro atoms. The van der Waals surface area contributed by atoms with Crippen molar-refractivity contribution >= 4 is 27.5 Å². The normalized spacial score (nSPS) is 12.7. The number of amides is 2. The summed E-state index contributed by atoms with van der Waals surface area (Å²) in [6, 6.07) is 25.4. The molecule has 3 rings (SSSR count). The number of hydrogen-bond acceptors (Lipinski definition) is 5. The summed E-state index contributed by atoms with van der Waals surface area (Å²) in [6.45, 7) is 6.53. The van der Waals surface area contributed by atoms with Crippen LogP contribution in [0.2, 0.25) is 0 Å². The number of anilines is 1. The van der Waals surface area contributed by atoms with Gasteiger partial charge in [-0.2, -0.15) is 0 Å². The molecule has 0 unspecified atom stereocenters. The Morgan fingerprint density at radius 1 is 0.881 bits per heavy atom. The molecule has 0 saturated carbocycles. The van der Waals surface area contributed by atoms with Gasteiger partial charge in [0.1, 0.15) is 11.8 Å². The topological polar surface area (TPSA) is 96.0 Å². The van der Waals surface area contributed by atoms with Crippen LogP contribution in [0.3, 0.4) is 0 Å². The summed E-state index contributed by atoms with van der Waals surface area (Å²) in [5.41, 5.74) is 2.29. The molecule has 226 valence electrons. The zero-order valence-electron chi connectivity index (χ0n) is 25.0. The predicted molar refractivity (Wildman–Crippen MR) is 168 cm³/mol. The van der Waals surface area contributed by atoms with Crippen molar-refractivity contribution in [1.82, 2.24) is 10.2 Å². The van der Waals surface area contributed by atoms with Gasteiger partial charge < -0.3 is 15.0 Å². The molecule has 0 radical (unpaired) electrons. The minimum Gasteiger partial charge on any atom is -0.492 e. The number of sulfonamides is 1. The Bertz CT molecular complexity index is 1380. The molecule has 0 aliphatic rings. The average molecular weight is 594 g/mol. The second-order valence-electron chi connectivity index (χ2n) is 10.4. The van der Waals surface area contributed by atoms with Crippen LogP contribution in [-0.4, -0.2) is 56.6 Å². The lowest BCUT2D eigenvalue weighted by molar-refractivity contribution is -0.141. The fraction of sp³-hybridized carbons (Fsp3) is 0.394. The van der Waals surface area contributed by atoms with Crippen molar-refractivity contribution in [3.63, 3.8) is 0 Å². The highest BCUT2D eigenvalue weighted by atomic mass is 32.2. The number of ether oxygens (including phenoxy) is 1. The van der Waals surface area contributed by atoms with E-state index in [9.17, 15) is 18.0 Å². The van der Waals surface area contributed by atoms with Crippen LogP contribution in [0.1, 0.15) is 51.2 Å². The van der Waals surface area contributed by atoms with Crippen LogP contribution in [-0.2, 0) is 32.6 Å². The first-order chi connectivity index (χ1) is 20.1. The number of carbonyl (C=O) groups excluding carboxylic acids is 2. The van der Waals surface area contributed by atoms with Crippen LogP contribution in [0, 0.1) is 0 Å². The van der Waals surface area contributed by atoms with E-state index in [2.05, 4.69) is 5.32 Å². The molecule has 1 N–H and O–H groups in total. The van der Waals surface area contributed by atoms with Crippen molar-refractivity contribution in [2.45, 2.75) is 65.1 Å². The largest absolute Gasteiger partial charge is 0.492 e. The fourth-order valence-corrected chi connectivity index (χ4v) is 5.67. The van der Waals surface area contributed by atoms with Crippen molar-refractivity contribution < 1.29 is 22.7 Å². The van der Waals surface area contributed by atoms with Gasteiger partial charge >= 0.3 is 0 Å². The Labute approximate surface area is 250 Å². The third kappa shape index (κ3) is 9.62. The molecule has 9 heteroatoms. The van der Waals surface area contributed by atoms with E-state index in [4.69, 9.17) is 4.74 Å². The summed E-state index contributed by atoms with van der Waals surface area (Å²) < 4.78 is 32.5. The van der Waals surface area contributed by atoms with E-state index in [0.717, 1.165) is 23.8 Å². The Kier molecular flexibility index (Phi) is 12.4. The minimum absolute atomic E-state index is 0.0434. The van der Waals surface area contributed by atoms with Crippen LogP contribution >= 0.6 is 0 Å². The maximum Gasteiger partial charge on any atom is 0.243 e. The average Bonchev–Trinajstić information content (AvgIpc) is 2.98. The van der Waals surface area contributed by atoms with Crippen LogP contribution in [0.25, 0.3) is 0 Å². The quantitative estimate of drug-likeness (QED) is 0.247. The van der Waals surface area contributed by atoms with E-state index in [0.29, 0.717) is 24.5 Å². The van der Waals surface area contributed by atoms with Crippen molar-refractivity contribution in [3.8, 4) is 5.75 Å². The van der Waals surface area contributed by atoms with Crippen LogP contribution < -0.4 is 14.4 Å². The summed E-state index contributed by atoms with van der Waals surface area (Å²) in [5, 5.41) is 3.07. The number of benzene rings is 3. The third-order valence-corrected chi connectivity index (χ3v) is 8.23. The lowest BCUT2D eigenvalue weighted by Crippen LogP contribution is -2.52. The van der Waals surface area contributed by atoms with E-state index in [1.807, 2.05) is 81.4 Å². The van der Waals surface area contributed by atoms with Gasteiger partial charge in [-0.25, -0.2) is 8.42 Å². The highest BCUT2D eigenvalue weighted by Crippen LogP contribution is 2.30. The molecule has 3 aromatic carbocycles. The number of nitrogens with zero attached hydrogens (tertiary/aromatic N) is 2.